The number of rotatable bonds is 9. The van der Waals surface area contributed by atoms with Gasteiger partial charge in [-0.25, -0.2) is 0 Å². The van der Waals surface area contributed by atoms with E-state index in [4.69, 9.17) is 0 Å². The minimum atomic E-state index is -0.512. The van der Waals surface area contributed by atoms with Crippen molar-refractivity contribution < 1.29 is 14.5 Å². The van der Waals surface area contributed by atoms with Crippen LogP contribution in [0.5, 0.6) is 0 Å². The molecule has 4 aromatic rings. The van der Waals surface area contributed by atoms with Crippen LogP contribution in [0.2, 0.25) is 0 Å². The van der Waals surface area contributed by atoms with Crippen molar-refractivity contribution in [2.45, 2.75) is 39.4 Å². The van der Waals surface area contributed by atoms with E-state index in [1.54, 1.807) is 13.0 Å². The summed E-state index contributed by atoms with van der Waals surface area (Å²) in [5.41, 5.74) is 5.04. The van der Waals surface area contributed by atoms with Crippen LogP contribution in [0, 0.1) is 37.8 Å². The summed E-state index contributed by atoms with van der Waals surface area (Å²) >= 11 is 1.24. The number of benzene rings is 3. The minimum Gasteiger partial charge on any atom is -0.345 e. The number of amides is 2. The number of aromatic nitrogens is 3. The van der Waals surface area contributed by atoms with Crippen molar-refractivity contribution >= 4 is 35.0 Å². The molecule has 0 aliphatic rings. The van der Waals surface area contributed by atoms with Gasteiger partial charge in [0.25, 0.3) is 11.6 Å². The van der Waals surface area contributed by atoms with Gasteiger partial charge in [0.1, 0.15) is 0 Å². The summed E-state index contributed by atoms with van der Waals surface area (Å²) in [5.74, 6) is -0.0757. The zero-order chi connectivity index (χ0) is 28.1. The van der Waals surface area contributed by atoms with E-state index in [0.717, 1.165) is 28.1 Å². The van der Waals surface area contributed by atoms with Gasteiger partial charge in [-0.05, 0) is 68.7 Å². The summed E-state index contributed by atoms with van der Waals surface area (Å²) in [5, 5.41) is 26.1. The molecule has 200 valence electrons. The fourth-order valence-corrected chi connectivity index (χ4v) is 4.86. The minimum absolute atomic E-state index is 0.0252. The van der Waals surface area contributed by atoms with Gasteiger partial charge in [-0.15, -0.1) is 10.2 Å². The summed E-state index contributed by atoms with van der Waals surface area (Å²) in [6.45, 7) is 7.51. The van der Waals surface area contributed by atoms with Crippen molar-refractivity contribution in [2.75, 3.05) is 11.1 Å². The number of nitro groups is 1. The number of anilines is 1. The zero-order valence-electron chi connectivity index (χ0n) is 22.0. The molecule has 0 aliphatic heterocycles. The molecule has 0 spiro atoms. The summed E-state index contributed by atoms with van der Waals surface area (Å²) in [6.07, 6.45) is 0. The number of hydrogen-bond donors (Lipinski definition) is 2. The lowest BCUT2D eigenvalue weighted by atomic mass is 10.1. The van der Waals surface area contributed by atoms with E-state index in [1.165, 1.54) is 23.9 Å². The molecular formula is C28H28N6O4S. The third kappa shape index (κ3) is 6.32. The third-order valence-corrected chi connectivity index (χ3v) is 7.23. The smallest absolute Gasteiger partial charge is 0.273 e. The second-order valence-electron chi connectivity index (χ2n) is 9.05. The fourth-order valence-electron chi connectivity index (χ4n) is 4.10. The van der Waals surface area contributed by atoms with E-state index in [-0.39, 0.29) is 35.0 Å². The Morgan fingerprint density at radius 1 is 0.974 bits per heavy atom. The van der Waals surface area contributed by atoms with Crippen LogP contribution >= 0.6 is 11.8 Å². The average Bonchev–Trinajstić information content (AvgIpc) is 3.30. The number of thioether (sulfide) groups is 1. The van der Waals surface area contributed by atoms with E-state index in [9.17, 15) is 19.7 Å². The van der Waals surface area contributed by atoms with E-state index in [1.807, 2.05) is 67.8 Å². The quantitative estimate of drug-likeness (QED) is 0.171. The Labute approximate surface area is 230 Å². The van der Waals surface area contributed by atoms with Crippen LogP contribution in [-0.2, 0) is 11.3 Å². The molecule has 0 bridgehead atoms. The van der Waals surface area contributed by atoms with Gasteiger partial charge in [0.2, 0.25) is 5.91 Å². The van der Waals surface area contributed by atoms with E-state index in [2.05, 4.69) is 20.8 Å². The molecule has 11 heteroatoms. The Hall–Kier alpha value is -4.51. The average molecular weight is 545 g/mol. The maximum absolute atomic E-state index is 13.0. The van der Waals surface area contributed by atoms with Gasteiger partial charge in [0, 0.05) is 22.9 Å². The molecule has 0 radical (unpaired) electrons. The van der Waals surface area contributed by atoms with Crippen molar-refractivity contribution in [3.63, 3.8) is 0 Å². The van der Waals surface area contributed by atoms with Crippen molar-refractivity contribution in [1.82, 2.24) is 20.1 Å². The molecule has 0 saturated heterocycles. The number of carbonyl (C=O) groups excluding carboxylic acids is 2. The maximum Gasteiger partial charge on any atom is 0.273 e. The zero-order valence-corrected chi connectivity index (χ0v) is 22.8. The lowest BCUT2D eigenvalue weighted by Gasteiger charge is -2.15. The van der Waals surface area contributed by atoms with Gasteiger partial charge in [0.05, 0.1) is 22.9 Å². The Morgan fingerprint density at radius 3 is 2.46 bits per heavy atom. The number of nitro benzene ring substituents is 1. The highest BCUT2D eigenvalue weighted by Gasteiger charge is 2.21. The summed E-state index contributed by atoms with van der Waals surface area (Å²) < 4.78 is 1.83. The molecule has 0 unspecified atom stereocenters. The van der Waals surface area contributed by atoms with Crippen LogP contribution < -0.4 is 10.6 Å². The number of carbonyl (C=O) groups is 2. The first-order chi connectivity index (χ1) is 18.7. The van der Waals surface area contributed by atoms with Gasteiger partial charge >= 0.3 is 0 Å². The van der Waals surface area contributed by atoms with Crippen LogP contribution in [0.4, 0.5) is 11.4 Å². The van der Waals surface area contributed by atoms with Gasteiger partial charge in [0.15, 0.2) is 11.0 Å². The predicted molar refractivity (Wildman–Crippen MR) is 150 cm³/mol. The van der Waals surface area contributed by atoms with Crippen LogP contribution in [0.25, 0.3) is 5.69 Å². The topological polar surface area (TPSA) is 132 Å². The lowest BCUT2D eigenvalue weighted by molar-refractivity contribution is -0.385. The molecule has 0 saturated carbocycles. The first kappa shape index (κ1) is 27.5. The lowest BCUT2D eigenvalue weighted by Crippen LogP contribution is -2.25. The first-order valence-corrected chi connectivity index (χ1v) is 13.2. The molecule has 4 rings (SSSR count). The normalized spacial score (nSPS) is 10.8. The molecule has 0 fully saturated rings. The highest BCUT2D eigenvalue weighted by atomic mass is 32.2. The van der Waals surface area contributed by atoms with Crippen molar-refractivity contribution in [3.05, 3.63) is 104 Å². The van der Waals surface area contributed by atoms with Crippen LogP contribution in [-0.4, -0.2) is 37.3 Å². The predicted octanol–water partition coefficient (Wildman–Crippen LogP) is 5.07. The van der Waals surface area contributed by atoms with E-state index >= 15 is 0 Å². The van der Waals surface area contributed by atoms with E-state index < -0.39 is 10.8 Å². The SMILES string of the molecule is Cc1cccc(NC(=O)CSc2nnc(CNC(=O)c3cccc([N+](=O)[O-])c3C)n2-c2cccc(C)c2C)c1. The number of nitrogens with zero attached hydrogens (tertiary/aromatic N) is 4. The van der Waals surface area contributed by atoms with Crippen molar-refractivity contribution in [1.29, 1.82) is 0 Å². The maximum atomic E-state index is 13.0. The summed E-state index contributed by atoms with van der Waals surface area (Å²) in [4.78, 5) is 36.4. The Bertz CT molecular complexity index is 1570. The fraction of sp³-hybridized carbons (Fsp3) is 0.214. The largest absolute Gasteiger partial charge is 0.345 e. The standard InChI is InChI=1S/C28H28N6O4S/c1-17-8-5-10-21(14-17)30-26(35)16-39-28-32-31-25(33(28)23-12-6-9-18(2)19(23)3)15-29-27(36)22-11-7-13-24(20(22)4)34(37)38/h5-14H,15-16H2,1-4H3,(H,29,36)(H,30,35). The summed E-state index contributed by atoms with van der Waals surface area (Å²) in [6, 6.07) is 17.8. The molecule has 2 N–H and O–H groups in total. The Balaban J connectivity index is 1.57. The molecule has 0 aliphatic carbocycles. The van der Waals surface area contributed by atoms with Gasteiger partial charge < -0.3 is 10.6 Å². The molecule has 2 amide bonds. The highest BCUT2D eigenvalue weighted by Crippen LogP contribution is 2.26. The molecule has 1 heterocycles. The number of nitrogens with one attached hydrogen (secondary N) is 2. The molecule has 0 atom stereocenters. The highest BCUT2D eigenvalue weighted by molar-refractivity contribution is 7.99. The third-order valence-electron chi connectivity index (χ3n) is 6.31. The van der Waals surface area contributed by atoms with Crippen LogP contribution in [0.15, 0.2) is 65.8 Å². The van der Waals surface area contributed by atoms with Crippen molar-refractivity contribution in [2.24, 2.45) is 0 Å². The Morgan fingerprint density at radius 2 is 1.72 bits per heavy atom. The first-order valence-electron chi connectivity index (χ1n) is 12.2. The molecular weight excluding hydrogens is 516 g/mol. The second-order valence-corrected chi connectivity index (χ2v) is 9.99. The summed E-state index contributed by atoms with van der Waals surface area (Å²) in [7, 11) is 0. The van der Waals surface area contributed by atoms with Crippen molar-refractivity contribution in [3.8, 4) is 5.69 Å². The molecule has 10 nitrogen and oxygen atoms in total. The molecule has 39 heavy (non-hydrogen) atoms. The number of aryl methyl sites for hydroxylation is 2. The van der Waals surface area contributed by atoms with E-state index in [0.29, 0.717) is 11.0 Å². The van der Waals surface area contributed by atoms with Gasteiger partial charge in [-0.2, -0.15) is 0 Å². The Kier molecular flexibility index (Phi) is 8.40. The molecule has 1 aromatic heterocycles. The molecule has 3 aromatic carbocycles. The van der Waals surface area contributed by atoms with Gasteiger partial charge in [-0.3, -0.25) is 24.3 Å². The van der Waals surface area contributed by atoms with Crippen LogP contribution in [0.3, 0.4) is 0 Å². The van der Waals surface area contributed by atoms with Gasteiger partial charge in [-0.1, -0.05) is 42.1 Å². The monoisotopic (exact) mass is 544 g/mol. The van der Waals surface area contributed by atoms with Crippen LogP contribution in [0.1, 0.15) is 38.4 Å². The second kappa shape index (κ2) is 11.9. The number of hydrogen-bond acceptors (Lipinski definition) is 7.